The number of ether oxygens (including phenoxy) is 2. The van der Waals surface area contributed by atoms with E-state index in [9.17, 15) is 23.1 Å². The fourth-order valence-electron chi connectivity index (χ4n) is 1.38. The minimum atomic E-state index is -4.95. The summed E-state index contributed by atoms with van der Waals surface area (Å²) in [5.41, 5.74) is 4.99. The van der Waals surface area contributed by atoms with Crippen LogP contribution in [0.2, 0.25) is 0 Å². The first-order valence-electron chi connectivity index (χ1n) is 5.00. The van der Waals surface area contributed by atoms with Crippen molar-refractivity contribution in [3.05, 3.63) is 17.3 Å². The summed E-state index contributed by atoms with van der Waals surface area (Å²) < 4.78 is 44.5. The Labute approximate surface area is 105 Å². The van der Waals surface area contributed by atoms with E-state index in [0.29, 0.717) is 0 Å². The molecule has 0 radical (unpaired) electrons. The van der Waals surface area contributed by atoms with Crippen LogP contribution in [0.5, 0.6) is 11.6 Å². The summed E-state index contributed by atoms with van der Waals surface area (Å²) in [6.07, 6.45) is -4.64. The van der Waals surface area contributed by atoms with Gasteiger partial charge in [-0.15, -0.1) is 13.2 Å². The van der Waals surface area contributed by atoms with E-state index in [2.05, 4.69) is 14.5 Å². The Morgan fingerprint density at radius 2 is 2.11 bits per heavy atom. The number of nitrogens with two attached hydrogens (primary N) is 1. The number of hydrogen-bond acceptors (Lipinski definition) is 6. The molecule has 0 saturated heterocycles. The van der Waals surface area contributed by atoms with Crippen LogP contribution in [0, 0.1) is 0 Å². The molecule has 0 amide bonds. The predicted molar refractivity (Wildman–Crippen MR) is 56.2 cm³/mol. The first-order valence-corrected chi connectivity index (χ1v) is 5.00. The fourth-order valence-corrected chi connectivity index (χ4v) is 1.38. The van der Waals surface area contributed by atoms with E-state index in [-0.39, 0.29) is 17.7 Å². The van der Waals surface area contributed by atoms with Gasteiger partial charge in [0.2, 0.25) is 5.88 Å². The number of pyridine rings is 1. The number of carbonyl (C=O) groups is 1. The molecule has 0 saturated carbocycles. The van der Waals surface area contributed by atoms with Crippen LogP contribution >= 0.6 is 0 Å². The first kappa shape index (κ1) is 15.0. The topological polar surface area (TPSA) is 94.7 Å². The molecule has 0 unspecified atom stereocenters. The normalized spacial score (nSPS) is 11.2. The van der Waals surface area contributed by atoms with E-state index in [1.54, 1.807) is 0 Å². The number of esters is 1. The second kappa shape index (κ2) is 5.74. The highest BCUT2D eigenvalue weighted by Crippen LogP contribution is 2.31. The highest BCUT2D eigenvalue weighted by molar-refractivity contribution is 5.74. The summed E-state index contributed by atoms with van der Waals surface area (Å²) in [6, 6.07) is 0. The van der Waals surface area contributed by atoms with Crippen LogP contribution in [-0.4, -0.2) is 29.5 Å². The molecule has 19 heavy (non-hydrogen) atoms. The van der Waals surface area contributed by atoms with E-state index in [1.165, 1.54) is 0 Å². The molecule has 1 aromatic rings. The molecule has 0 aliphatic rings. The van der Waals surface area contributed by atoms with Gasteiger partial charge >= 0.3 is 12.3 Å². The lowest BCUT2D eigenvalue weighted by molar-refractivity contribution is -0.276. The van der Waals surface area contributed by atoms with E-state index in [1.807, 2.05) is 0 Å². The number of halogens is 3. The van der Waals surface area contributed by atoms with Crippen molar-refractivity contribution in [2.24, 2.45) is 5.73 Å². The predicted octanol–water partition coefficient (Wildman–Crippen LogP) is 0.860. The van der Waals surface area contributed by atoms with Crippen LogP contribution in [-0.2, 0) is 22.5 Å². The van der Waals surface area contributed by atoms with E-state index in [4.69, 9.17) is 5.73 Å². The molecule has 1 heterocycles. The number of nitrogens with zero attached hydrogens (tertiary/aromatic N) is 1. The van der Waals surface area contributed by atoms with Gasteiger partial charge in [-0.1, -0.05) is 0 Å². The molecule has 9 heteroatoms. The maximum atomic E-state index is 12.2. The van der Waals surface area contributed by atoms with Gasteiger partial charge < -0.3 is 20.3 Å². The standard InChI is InChI=1S/C10H11F3N2O4/c1-18-8(17)2-5-6(3-14)9(15-4-7(5)16)19-10(11,12)13/h4,16H,2-3,14H2,1H3. The Morgan fingerprint density at radius 1 is 1.47 bits per heavy atom. The van der Waals surface area contributed by atoms with Crippen molar-refractivity contribution < 1.29 is 32.5 Å². The average Bonchev–Trinajstić information content (AvgIpc) is 2.31. The monoisotopic (exact) mass is 280 g/mol. The van der Waals surface area contributed by atoms with Crippen molar-refractivity contribution in [2.45, 2.75) is 19.3 Å². The van der Waals surface area contributed by atoms with Crippen LogP contribution in [0.15, 0.2) is 6.20 Å². The molecule has 3 N–H and O–H groups in total. The molecule has 0 bridgehead atoms. The van der Waals surface area contributed by atoms with Crippen LogP contribution in [0.3, 0.4) is 0 Å². The Kier molecular flexibility index (Phi) is 4.54. The zero-order valence-electron chi connectivity index (χ0n) is 9.82. The van der Waals surface area contributed by atoms with Crippen LogP contribution in [0.4, 0.5) is 13.2 Å². The molecular weight excluding hydrogens is 269 g/mol. The third-order valence-electron chi connectivity index (χ3n) is 2.20. The van der Waals surface area contributed by atoms with Gasteiger partial charge in [0.25, 0.3) is 0 Å². The second-order valence-corrected chi connectivity index (χ2v) is 3.41. The third kappa shape index (κ3) is 3.98. The smallest absolute Gasteiger partial charge is 0.506 e. The molecule has 0 aliphatic carbocycles. The zero-order valence-corrected chi connectivity index (χ0v) is 9.82. The van der Waals surface area contributed by atoms with Crippen LogP contribution in [0.25, 0.3) is 0 Å². The third-order valence-corrected chi connectivity index (χ3v) is 2.20. The maximum Gasteiger partial charge on any atom is 0.574 e. The quantitative estimate of drug-likeness (QED) is 0.794. The summed E-state index contributed by atoms with van der Waals surface area (Å²) in [7, 11) is 1.11. The van der Waals surface area contributed by atoms with Crippen LogP contribution in [0.1, 0.15) is 11.1 Å². The van der Waals surface area contributed by atoms with Crippen molar-refractivity contribution in [1.82, 2.24) is 4.98 Å². The molecule has 1 rings (SSSR count). The second-order valence-electron chi connectivity index (χ2n) is 3.41. The minimum absolute atomic E-state index is 0.108. The van der Waals surface area contributed by atoms with E-state index < -0.39 is 30.4 Å². The first-order chi connectivity index (χ1) is 8.78. The van der Waals surface area contributed by atoms with Crippen molar-refractivity contribution in [2.75, 3.05) is 7.11 Å². The average molecular weight is 280 g/mol. The summed E-state index contributed by atoms with van der Waals surface area (Å²) >= 11 is 0. The van der Waals surface area contributed by atoms with Gasteiger partial charge in [0.05, 0.1) is 19.7 Å². The number of aromatic nitrogens is 1. The lowest BCUT2D eigenvalue weighted by Gasteiger charge is -2.15. The summed E-state index contributed by atoms with van der Waals surface area (Å²) in [5, 5.41) is 9.53. The molecule has 0 spiro atoms. The minimum Gasteiger partial charge on any atom is -0.506 e. The molecule has 0 atom stereocenters. The Hall–Kier alpha value is -2.03. The van der Waals surface area contributed by atoms with Crippen molar-refractivity contribution in [3.63, 3.8) is 0 Å². The fraction of sp³-hybridized carbons (Fsp3) is 0.400. The van der Waals surface area contributed by atoms with Crippen molar-refractivity contribution in [3.8, 4) is 11.6 Å². The molecule has 0 fully saturated rings. The molecule has 0 aliphatic heterocycles. The van der Waals surface area contributed by atoms with Gasteiger partial charge in [-0.05, 0) is 0 Å². The highest BCUT2D eigenvalue weighted by Gasteiger charge is 2.33. The summed E-state index contributed by atoms with van der Waals surface area (Å²) in [4.78, 5) is 14.4. The number of carbonyl (C=O) groups excluding carboxylic acids is 1. The van der Waals surface area contributed by atoms with Gasteiger partial charge in [-0.25, -0.2) is 4.98 Å². The lowest BCUT2D eigenvalue weighted by atomic mass is 10.1. The number of rotatable bonds is 4. The lowest BCUT2D eigenvalue weighted by Crippen LogP contribution is -2.21. The number of methoxy groups -OCH3 is 1. The molecule has 1 aromatic heterocycles. The van der Waals surface area contributed by atoms with Crippen molar-refractivity contribution in [1.29, 1.82) is 0 Å². The summed E-state index contributed by atoms with van der Waals surface area (Å²) in [5.74, 6) is -2.00. The van der Waals surface area contributed by atoms with E-state index >= 15 is 0 Å². The van der Waals surface area contributed by atoms with Gasteiger partial charge in [0, 0.05) is 17.7 Å². The molecule has 6 nitrogen and oxygen atoms in total. The van der Waals surface area contributed by atoms with Gasteiger partial charge in [0.1, 0.15) is 5.75 Å². The Morgan fingerprint density at radius 3 is 2.58 bits per heavy atom. The summed E-state index contributed by atoms with van der Waals surface area (Å²) in [6.45, 7) is -0.390. The zero-order chi connectivity index (χ0) is 14.6. The van der Waals surface area contributed by atoms with E-state index in [0.717, 1.165) is 13.3 Å². The number of hydrogen-bond donors (Lipinski definition) is 2. The Balaban J connectivity index is 3.21. The Bertz CT molecular complexity index is 477. The highest BCUT2D eigenvalue weighted by atomic mass is 19.4. The molecular formula is C10H11F3N2O4. The number of aromatic hydroxyl groups is 1. The van der Waals surface area contributed by atoms with Crippen LogP contribution < -0.4 is 10.5 Å². The SMILES string of the molecule is COC(=O)Cc1c(O)cnc(OC(F)(F)F)c1CN. The molecule has 106 valence electrons. The largest absolute Gasteiger partial charge is 0.574 e. The van der Waals surface area contributed by atoms with Crippen molar-refractivity contribution >= 4 is 5.97 Å². The maximum absolute atomic E-state index is 12.2. The molecule has 0 aromatic carbocycles. The van der Waals surface area contributed by atoms with Gasteiger partial charge in [-0.3, -0.25) is 4.79 Å². The van der Waals surface area contributed by atoms with Gasteiger partial charge in [0.15, 0.2) is 0 Å². The number of alkyl halides is 3. The van der Waals surface area contributed by atoms with Gasteiger partial charge in [-0.2, -0.15) is 0 Å².